The van der Waals surface area contributed by atoms with Crippen LogP contribution in [-0.2, 0) is 4.43 Å². The Morgan fingerprint density at radius 3 is 2.03 bits per heavy atom. The molecule has 1 aliphatic heterocycles. The average Bonchev–Trinajstić information content (AvgIpc) is 3.27. The Morgan fingerprint density at radius 2 is 1.52 bits per heavy atom. The minimum atomic E-state index is -2.57. The highest BCUT2D eigenvalue weighted by Crippen LogP contribution is 2.40. The molecule has 2 atom stereocenters. The van der Waals surface area contributed by atoms with E-state index in [2.05, 4.69) is 92.8 Å². The maximum atomic E-state index is 7.37. The van der Waals surface area contributed by atoms with E-state index in [4.69, 9.17) is 8.84 Å². The first-order chi connectivity index (χ1) is 14.0. The van der Waals surface area contributed by atoms with Crippen molar-refractivity contribution in [3.8, 4) is 0 Å². The van der Waals surface area contributed by atoms with E-state index in [9.17, 15) is 0 Å². The van der Waals surface area contributed by atoms with Crippen LogP contribution in [0.2, 0.25) is 5.04 Å². The molecule has 4 rings (SSSR count). The largest absolute Gasteiger partial charge is 0.468 e. The molecule has 0 unspecified atom stereocenters. The van der Waals surface area contributed by atoms with Crippen molar-refractivity contribution < 1.29 is 8.84 Å². The van der Waals surface area contributed by atoms with E-state index in [0.29, 0.717) is 0 Å². The highest BCUT2D eigenvalue weighted by Gasteiger charge is 2.52. The van der Waals surface area contributed by atoms with E-state index in [-0.39, 0.29) is 17.2 Å². The molecular weight excluding hydrogens is 374 g/mol. The summed E-state index contributed by atoms with van der Waals surface area (Å²) in [6.07, 6.45) is 3.97. The maximum absolute atomic E-state index is 7.37. The lowest BCUT2D eigenvalue weighted by Gasteiger charge is -2.47. The van der Waals surface area contributed by atoms with Gasteiger partial charge in [-0.25, -0.2) is 0 Å². The molecular formula is C25H31NO2Si. The second-order valence-electron chi connectivity index (χ2n) is 8.91. The monoisotopic (exact) mass is 405 g/mol. The van der Waals surface area contributed by atoms with Gasteiger partial charge in [0.25, 0.3) is 8.32 Å². The molecule has 0 spiro atoms. The fraction of sp³-hybridized carbons (Fsp3) is 0.360. The van der Waals surface area contributed by atoms with Crippen molar-refractivity contribution in [3.63, 3.8) is 0 Å². The lowest BCUT2D eigenvalue weighted by atomic mass is 9.99. The quantitative estimate of drug-likeness (QED) is 0.628. The first-order valence-electron chi connectivity index (χ1n) is 10.6. The average molecular weight is 406 g/mol. The molecule has 29 heavy (non-hydrogen) atoms. The molecule has 0 aliphatic carbocycles. The van der Waals surface area contributed by atoms with Crippen LogP contribution in [0.3, 0.4) is 0 Å². The molecule has 1 saturated heterocycles. The normalized spacial score (nSPS) is 20.5. The van der Waals surface area contributed by atoms with Crippen LogP contribution in [-0.4, -0.2) is 21.0 Å². The topological polar surface area (TPSA) is 34.4 Å². The number of furan rings is 1. The van der Waals surface area contributed by atoms with E-state index in [1.807, 2.05) is 6.07 Å². The number of rotatable bonds is 5. The number of hydrogen-bond acceptors (Lipinski definition) is 3. The van der Waals surface area contributed by atoms with E-state index in [1.165, 1.54) is 10.4 Å². The Morgan fingerprint density at radius 1 is 0.897 bits per heavy atom. The Labute approximate surface area is 175 Å². The van der Waals surface area contributed by atoms with E-state index < -0.39 is 8.32 Å². The summed E-state index contributed by atoms with van der Waals surface area (Å²) in [7, 11) is -2.57. The Kier molecular flexibility index (Phi) is 5.77. The van der Waals surface area contributed by atoms with Crippen molar-refractivity contribution in [3.05, 3.63) is 84.8 Å². The van der Waals surface area contributed by atoms with Gasteiger partial charge in [-0.3, -0.25) is 0 Å². The minimum Gasteiger partial charge on any atom is -0.468 e. The third-order valence-corrected chi connectivity index (χ3v) is 11.1. The van der Waals surface area contributed by atoms with Crippen molar-refractivity contribution in [2.45, 2.75) is 50.8 Å². The molecule has 2 heterocycles. The summed E-state index contributed by atoms with van der Waals surface area (Å²) < 4.78 is 13.2. The lowest BCUT2D eigenvalue weighted by Crippen LogP contribution is -2.68. The zero-order valence-electron chi connectivity index (χ0n) is 17.6. The van der Waals surface area contributed by atoms with Crippen molar-refractivity contribution >= 4 is 18.7 Å². The minimum absolute atomic E-state index is 0.0269. The van der Waals surface area contributed by atoms with Crippen LogP contribution in [0.4, 0.5) is 0 Å². The van der Waals surface area contributed by atoms with Gasteiger partial charge in [0.05, 0.1) is 18.4 Å². The van der Waals surface area contributed by atoms with Gasteiger partial charge in [0.15, 0.2) is 0 Å². The molecule has 4 heteroatoms. The summed E-state index contributed by atoms with van der Waals surface area (Å²) in [5, 5.41) is 6.27. The second kappa shape index (κ2) is 8.31. The van der Waals surface area contributed by atoms with Gasteiger partial charge >= 0.3 is 0 Å². The molecule has 2 aromatic carbocycles. The van der Waals surface area contributed by atoms with Gasteiger partial charge in [0, 0.05) is 0 Å². The Balaban J connectivity index is 1.84. The number of benzene rings is 2. The van der Waals surface area contributed by atoms with Crippen LogP contribution < -0.4 is 15.7 Å². The lowest BCUT2D eigenvalue weighted by molar-refractivity contribution is 0.0992. The predicted molar refractivity (Wildman–Crippen MR) is 121 cm³/mol. The van der Waals surface area contributed by atoms with Crippen molar-refractivity contribution in [1.82, 2.24) is 5.32 Å². The Hall–Kier alpha value is -2.14. The maximum Gasteiger partial charge on any atom is 0.261 e. The number of piperidine rings is 1. The molecule has 1 N–H and O–H groups in total. The van der Waals surface area contributed by atoms with E-state index in [1.54, 1.807) is 6.26 Å². The molecule has 152 valence electrons. The first-order valence-corrected chi connectivity index (χ1v) is 12.5. The molecule has 1 fully saturated rings. The second-order valence-corrected chi connectivity index (χ2v) is 13.2. The molecule has 3 aromatic rings. The fourth-order valence-electron chi connectivity index (χ4n) is 4.66. The summed E-state index contributed by atoms with van der Waals surface area (Å²) in [6, 6.07) is 25.8. The smallest absolute Gasteiger partial charge is 0.261 e. The zero-order valence-corrected chi connectivity index (χ0v) is 18.6. The van der Waals surface area contributed by atoms with Crippen LogP contribution in [0, 0.1) is 0 Å². The third kappa shape index (κ3) is 3.85. The van der Waals surface area contributed by atoms with Gasteiger partial charge in [-0.2, -0.15) is 0 Å². The summed E-state index contributed by atoms with van der Waals surface area (Å²) >= 11 is 0. The summed E-state index contributed by atoms with van der Waals surface area (Å²) in [5.41, 5.74) is 0. The van der Waals surface area contributed by atoms with Gasteiger partial charge in [0.1, 0.15) is 5.76 Å². The number of nitrogens with one attached hydrogen (secondary N) is 1. The number of hydrogen-bond donors (Lipinski definition) is 1. The molecule has 1 aromatic heterocycles. The molecule has 3 nitrogen and oxygen atoms in total. The van der Waals surface area contributed by atoms with Gasteiger partial charge in [-0.05, 0) is 46.9 Å². The highest BCUT2D eigenvalue weighted by atomic mass is 28.4. The first kappa shape index (κ1) is 20.1. The van der Waals surface area contributed by atoms with Gasteiger partial charge in [-0.15, -0.1) is 0 Å². The van der Waals surface area contributed by atoms with Crippen molar-refractivity contribution in [2.24, 2.45) is 0 Å². The van der Waals surface area contributed by atoms with Gasteiger partial charge in [0.2, 0.25) is 0 Å². The standard InChI is InChI=1S/C25H31NO2Si/c1-25(2,3)29(20-12-6-4-7-13-20,21-14-8-5-9-15-21)28-23-16-10-18-26-24(23)22-17-11-19-27-22/h4-9,11-15,17,19,23-24,26H,10,16,18H2,1-3H3/t23-,24+/m0/s1. The molecule has 0 saturated carbocycles. The third-order valence-electron chi connectivity index (χ3n) is 6.00. The summed E-state index contributed by atoms with van der Waals surface area (Å²) in [6.45, 7) is 7.98. The molecule has 1 aliphatic rings. The van der Waals surface area contributed by atoms with Gasteiger partial charge in [-0.1, -0.05) is 81.4 Å². The van der Waals surface area contributed by atoms with Crippen molar-refractivity contribution in [2.75, 3.05) is 6.54 Å². The fourth-order valence-corrected chi connectivity index (χ4v) is 9.38. The molecule has 0 bridgehead atoms. The summed E-state index contributed by atoms with van der Waals surface area (Å²) in [5.74, 6) is 0.965. The van der Waals surface area contributed by atoms with E-state index >= 15 is 0 Å². The highest BCUT2D eigenvalue weighted by molar-refractivity contribution is 6.99. The molecule has 0 amide bonds. The Bertz CT molecular complexity index is 848. The van der Waals surface area contributed by atoms with Crippen LogP contribution in [0.5, 0.6) is 0 Å². The molecule has 0 radical (unpaired) electrons. The van der Waals surface area contributed by atoms with Crippen LogP contribution >= 0.6 is 0 Å². The zero-order chi connectivity index (χ0) is 20.3. The van der Waals surface area contributed by atoms with Gasteiger partial charge < -0.3 is 14.2 Å². The van der Waals surface area contributed by atoms with Crippen LogP contribution in [0.1, 0.15) is 45.4 Å². The predicted octanol–water partition coefficient (Wildman–Crippen LogP) is 4.65. The van der Waals surface area contributed by atoms with Crippen LogP contribution in [0.25, 0.3) is 0 Å². The van der Waals surface area contributed by atoms with E-state index in [0.717, 1.165) is 25.1 Å². The SMILES string of the molecule is CC(C)(C)[Si](O[C@H]1CCCN[C@@H]1c1ccco1)(c1ccccc1)c1ccccc1. The van der Waals surface area contributed by atoms with Crippen LogP contribution in [0.15, 0.2) is 83.5 Å². The summed E-state index contributed by atoms with van der Waals surface area (Å²) in [4.78, 5) is 0. The van der Waals surface area contributed by atoms with Crippen molar-refractivity contribution in [1.29, 1.82) is 0 Å².